The smallest absolute Gasteiger partial charge is 0.192 e. The monoisotopic (exact) mass is 211 g/mol. The highest BCUT2D eigenvalue weighted by molar-refractivity contribution is 6.00. The number of ether oxygens (including phenoxy) is 1. The maximum absolute atomic E-state index is 11.6. The molecule has 0 aromatic carbocycles. The van der Waals surface area contributed by atoms with Crippen LogP contribution in [0.5, 0.6) is 0 Å². The molecule has 1 saturated carbocycles. The Bertz CT molecular complexity index is 336. The number of fused-ring (bicyclic) bond motifs is 1. The highest BCUT2D eigenvalue weighted by Gasteiger charge is 2.46. The van der Waals surface area contributed by atoms with Gasteiger partial charge in [0.1, 0.15) is 5.76 Å². The van der Waals surface area contributed by atoms with Crippen LogP contribution in [0.25, 0.3) is 0 Å². The Morgan fingerprint density at radius 1 is 1.40 bits per heavy atom. The molecule has 0 aliphatic heterocycles. The Balaban J connectivity index is 2.24. The van der Waals surface area contributed by atoms with E-state index in [0.717, 1.165) is 6.42 Å². The highest BCUT2D eigenvalue weighted by atomic mass is 16.5. The predicted molar refractivity (Wildman–Crippen MR) is 52.1 cm³/mol. The van der Waals surface area contributed by atoms with Gasteiger partial charge >= 0.3 is 0 Å². The van der Waals surface area contributed by atoms with Gasteiger partial charge in [-0.3, -0.25) is 4.79 Å². The predicted octanol–water partition coefficient (Wildman–Crippen LogP) is 1.54. The van der Waals surface area contributed by atoms with E-state index in [1.807, 2.05) is 0 Å². The van der Waals surface area contributed by atoms with Crippen molar-refractivity contribution in [3.8, 4) is 0 Å². The Morgan fingerprint density at radius 2 is 2.13 bits per heavy atom. The average Bonchev–Trinajstić information content (AvgIpc) is 2.51. The third kappa shape index (κ3) is 1.47. The summed E-state index contributed by atoms with van der Waals surface area (Å²) in [6.07, 6.45) is 2.11. The number of allylic oxidation sites excluding steroid dienone is 2. The molecule has 0 bridgehead atoms. The Morgan fingerprint density at radius 3 is 2.73 bits per heavy atom. The van der Waals surface area contributed by atoms with Crippen LogP contribution in [0.3, 0.4) is 0 Å². The molecule has 0 radical (unpaired) electrons. The van der Waals surface area contributed by atoms with Gasteiger partial charge in [0.25, 0.3) is 0 Å². The summed E-state index contributed by atoms with van der Waals surface area (Å²) < 4.78 is 5.20. The van der Waals surface area contributed by atoms with Crippen LogP contribution in [0.4, 0.5) is 0 Å². The molecule has 82 valence electrons. The third-order valence-electron chi connectivity index (χ3n) is 3.39. The number of nitroso groups, excluding NO2 is 1. The fraction of sp³-hybridized carbons (Fsp3) is 0.700. The van der Waals surface area contributed by atoms with Gasteiger partial charge in [-0.2, -0.15) is 0 Å². The van der Waals surface area contributed by atoms with Gasteiger partial charge in [0.2, 0.25) is 0 Å². The molecule has 0 amide bonds. The van der Waals surface area contributed by atoms with Crippen LogP contribution in [0, 0.1) is 16.7 Å². The molecule has 2 aliphatic carbocycles. The first-order valence-electron chi connectivity index (χ1n) is 5.02. The van der Waals surface area contributed by atoms with Crippen molar-refractivity contribution in [1.29, 1.82) is 0 Å². The van der Waals surface area contributed by atoms with E-state index in [1.54, 1.807) is 7.11 Å². The van der Waals surface area contributed by atoms with Crippen molar-refractivity contribution in [2.24, 2.45) is 17.0 Å². The first-order valence-corrected chi connectivity index (χ1v) is 5.02. The molecule has 0 heterocycles. The number of aliphatic hydroxyl groups excluding tert-OH is 1. The first-order chi connectivity index (χ1) is 7.19. The molecule has 5 nitrogen and oxygen atoms in total. The molecule has 3 unspecified atom stereocenters. The van der Waals surface area contributed by atoms with Crippen molar-refractivity contribution in [2.45, 2.75) is 25.4 Å². The molecule has 1 N–H and O–H groups in total. The summed E-state index contributed by atoms with van der Waals surface area (Å²) in [5, 5.41) is 12.3. The number of rotatable bonds is 2. The van der Waals surface area contributed by atoms with Crippen molar-refractivity contribution >= 4 is 5.78 Å². The fourth-order valence-electron chi connectivity index (χ4n) is 2.53. The highest BCUT2D eigenvalue weighted by Crippen LogP contribution is 2.43. The van der Waals surface area contributed by atoms with Gasteiger partial charge in [0.15, 0.2) is 11.5 Å². The van der Waals surface area contributed by atoms with Crippen molar-refractivity contribution < 1.29 is 14.6 Å². The van der Waals surface area contributed by atoms with Crippen LogP contribution in [0.15, 0.2) is 16.6 Å². The zero-order valence-electron chi connectivity index (χ0n) is 8.47. The number of carbonyl (C=O) groups excluding carboxylic acids is 1. The molecular formula is C10H13NO4. The maximum atomic E-state index is 11.6. The van der Waals surface area contributed by atoms with Gasteiger partial charge in [0, 0.05) is 18.9 Å². The minimum absolute atomic E-state index is 0.0622. The molecule has 2 aliphatic rings. The maximum Gasteiger partial charge on any atom is 0.192 e. The number of nitrogens with zero attached hydrogens (tertiary/aromatic N) is 1. The second kappa shape index (κ2) is 3.73. The lowest BCUT2D eigenvalue weighted by molar-refractivity contribution is -0.121. The van der Waals surface area contributed by atoms with Crippen LogP contribution in [-0.2, 0) is 9.53 Å². The summed E-state index contributed by atoms with van der Waals surface area (Å²) in [5.74, 6) is -0.961. The van der Waals surface area contributed by atoms with Crippen molar-refractivity contribution in [1.82, 2.24) is 0 Å². The van der Waals surface area contributed by atoms with Crippen LogP contribution in [0.2, 0.25) is 0 Å². The zero-order chi connectivity index (χ0) is 11.0. The van der Waals surface area contributed by atoms with E-state index in [-0.39, 0.29) is 35.2 Å². The Labute approximate surface area is 87.1 Å². The van der Waals surface area contributed by atoms with Crippen molar-refractivity contribution in [2.75, 3.05) is 7.11 Å². The first kappa shape index (κ1) is 10.3. The van der Waals surface area contributed by atoms with Gasteiger partial charge in [-0.1, -0.05) is 0 Å². The second-order valence-electron chi connectivity index (χ2n) is 4.07. The van der Waals surface area contributed by atoms with Gasteiger partial charge in [-0.05, 0) is 24.4 Å². The molecule has 0 saturated heterocycles. The Kier molecular flexibility index (Phi) is 2.56. The standard InChI is InChI=1S/C10H13NO4/c1-15-5-2-3-6-7(4-5)10(13)8(11-14)9(6)12/h5-7,13H,2-4H2,1H3. The summed E-state index contributed by atoms with van der Waals surface area (Å²) >= 11 is 0. The van der Waals surface area contributed by atoms with Gasteiger partial charge in [0.05, 0.1) is 6.10 Å². The topological polar surface area (TPSA) is 76.0 Å². The van der Waals surface area contributed by atoms with E-state index in [4.69, 9.17) is 4.74 Å². The molecule has 0 aromatic rings. The summed E-state index contributed by atoms with van der Waals surface area (Å²) in [5.41, 5.74) is -0.276. The van der Waals surface area contributed by atoms with E-state index in [2.05, 4.69) is 5.18 Å². The van der Waals surface area contributed by atoms with E-state index >= 15 is 0 Å². The zero-order valence-corrected chi connectivity index (χ0v) is 8.47. The molecule has 0 spiro atoms. The molecule has 1 fully saturated rings. The number of ketones is 1. The lowest BCUT2D eigenvalue weighted by Crippen LogP contribution is -2.30. The average molecular weight is 211 g/mol. The molecule has 0 aromatic heterocycles. The third-order valence-corrected chi connectivity index (χ3v) is 3.39. The SMILES string of the molecule is COC1CCC2C(=O)C(N=O)=C(O)C2C1. The number of carbonyl (C=O) groups is 1. The van der Waals surface area contributed by atoms with Crippen molar-refractivity contribution in [3.63, 3.8) is 0 Å². The molecular weight excluding hydrogens is 198 g/mol. The normalized spacial score (nSPS) is 35.5. The number of methoxy groups -OCH3 is 1. The quantitative estimate of drug-likeness (QED) is 0.703. The van der Waals surface area contributed by atoms with Crippen LogP contribution >= 0.6 is 0 Å². The largest absolute Gasteiger partial charge is 0.509 e. The lowest BCUT2D eigenvalue weighted by atomic mass is 9.79. The number of hydrogen-bond acceptors (Lipinski definition) is 5. The Hall–Kier alpha value is -1.23. The molecule has 2 rings (SSSR count). The molecule has 3 atom stereocenters. The second-order valence-corrected chi connectivity index (χ2v) is 4.07. The van der Waals surface area contributed by atoms with Crippen LogP contribution in [0.1, 0.15) is 19.3 Å². The molecule has 15 heavy (non-hydrogen) atoms. The van der Waals surface area contributed by atoms with Crippen LogP contribution < -0.4 is 0 Å². The molecule has 5 heteroatoms. The lowest BCUT2D eigenvalue weighted by Gasteiger charge is -2.29. The summed E-state index contributed by atoms with van der Waals surface area (Å²) in [7, 11) is 1.61. The van der Waals surface area contributed by atoms with E-state index in [0.29, 0.717) is 12.8 Å². The van der Waals surface area contributed by atoms with Crippen molar-refractivity contribution in [3.05, 3.63) is 16.4 Å². The fourth-order valence-corrected chi connectivity index (χ4v) is 2.53. The minimum atomic E-state index is -0.304. The summed E-state index contributed by atoms with van der Waals surface area (Å²) in [4.78, 5) is 22.0. The van der Waals surface area contributed by atoms with Gasteiger partial charge in [-0.15, -0.1) is 4.91 Å². The van der Waals surface area contributed by atoms with Crippen LogP contribution in [-0.4, -0.2) is 24.1 Å². The van der Waals surface area contributed by atoms with E-state index in [9.17, 15) is 14.8 Å². The summed E-state index contributed by atoms with van der Waals surface area (Å²) in [6.45, 7) is 0. The number of Topliss-reactive ketones (excluding diaryl/α,β-unsaturated/α-hetero) is 1. The van der Waals surface area contributed by atoms with Gasteiger partial charge in [-0.25, -0.2) is 0 Å². The summed E-state index contributed by atoms with van der Waals surface area (Å²) in [6, 6.07) is 0. The number of aliphatic hydroxyl groups is 1. The minimum Gasteiger partial charge on any atom is -0.509 e. The number of hydrogen-bond donors (Lipinski definition) is 1. The van der Waals surface area contributed by atoms with Gasteiger partial charge < -0.3 is 9.84 Å². The van der Waals surface area contributed by atoms with E-state index < -0.39 is 0 Å². The van der Waals surface area contributed by atoms with E-state index in [1.165, 1.54) is 0 Å².